The van der Waals surface area contributed by atoms with Crippen LogP contribution in [0.25, 0.3) is 10.9 Å². The SMILES string of the molecule is c1ccc2c(c1)cc1n2C[C@H]2O[C@@H]12. The van der Waals surface area contributed by atoms with Crippen molar-refractivity contribution in [2.45, 2.75) is 18.8 Å². The number of nitrogens with zero attached hydrogens (tertiary/aromatic N) is 1. The standard InChI is InChI=1S/C11H9NO/c1-2-4-8-7(3-1)5-9-11-10(13-11)6-12(8)9/h1-5,10-11H,6H2/t10-,11+/m1/s1. The molecule has 1 fully saturated rings. The maximum Gasteiger partial charge on any atom is 0.126 e. The van der Waals surface area contributed by atoms with Crippen LogP contribution in [-0.2, 0) is 11.3 Å². The molecule has 1 aromatic carbocycles. The Morgan fingerprint density at radius 1 is 1.31 bits per heavy atom. The van der Waals surface area contributed by atoms with Crippen LogP contribution < -0.4 is 0 Å². The van der Waals surface area contributed by atoms with Gasteiger partial charge >= 0.3 is 0 Å². The van der Waals surface area contributed by atoms with Gasteiger partial charge in [0.05, 0.1) is 12.2 Å². The monoisotopic (exact) mass is 171 g/mol. The van der Waals surface area contributed by atoms with Crippen LogP contribution in [-0.4, -0.2) is 10.7 Å². The normalized spacial score (nSPS) is 28.9. The van der Waals surface area contributed by atoms with Crippen molar-refractivity contribution in [1.29, 1.82) is 0 Å². The molecule has 0 radical (unpaired) electrons. The maximum absolute atomic E-state index is 5.49. The molecule has 13 heavy (non-hydrogen) atoms. The minimum absolute atomic E-state index is 0.410. The molecule has 3 heterocycles. The molecule has 2 atom stereocenters. The maximum atomic E-state index is 5.49. The average molecular weight is 171 g/mol. The Balaban J connectivity index is 2.14. The number of benzene rings is 1. The van der Waals surface area contributed by atoms with E-state index in [1.54, 1.807) is 0 Å². The highest BCUT2D eigenvalue weighted by atomic mass is 16.6. The Kier molecular flexibility index (Phi) is 0.861. The van der Waals surface area contributed by atoms with Crippen LogP contribution in [0.1, 0.15) is 11.8 Å². The van der Waals surface area contributed by atoms with Gasteiger partial charge in [-0.25, -0.2) is 0 Å². The first-order valence-electron chi connectivity index (χ1n) is 4.67. The fourth-order valence-corrected chi connectivity index (χ4v) is 2.39. The summed E-state index contributed by atoms with van der Waals surface area (Å²) in [5, 5.41) is 1.34. The first-order chi connectivity index (χ1) is 6.43. The molecule has 0 bridgehead atoms. The molecular formula is C11H9NO. The molecule has 64 valence electrons. The molecule has 2 aliphatic heterocycles. The van der Waals surface area contributed by atoms with Crippen molar-refractivity contribution in [3.63, 3.8) is 0 Å². The average Bonchev–Trinajstić information content (AvgIpc) is 2.68. The molecule has 2 heteroatoms. The largest absolute Gasteiger partial charge is 0.361 e. The van der Waals surface area contributed by atoms with Gasteiger partial charge in [0.1, 0.15) is 12.2 Å². The summed E-state index contributed by atoms with van der Waals surface area (Å²) in [6.07, 6.45) is 0.895. The van der Waals surface area contributed by atoms with Crippen LogP contribution in [0.15, 0.2) is 30.3 Å². The van der Waals surface area contributed by atoms with Crippen molar-refractivity contribution >= 4 is 10.9 Å². The van der Waals surface area contributed by atoms with E-state index in [1.165, 1.54) is 16.6 Å². The van der Waals surface area contributed by atoms with Gasteiger partial charge in [0.2, 0.25) is 0 Å². The fraction of sp³-hybridized carbons (Fsp3) is 0.273. The van der Waals surface area contributed by atoms with Crippen molar-refractivity contribution < 1.29 is 4.74 Å². The third kappa shape index (κ3) is 0.639. The van der Waals surface area contributed by atoms with Gasteiger partial charge in [-0.05, 0) is 17.5 Å². The smallest absolute Gasteiger partial charge is 0.126 e. The van der Waals surface area contributed by atoms with E-state index in [4.69, 9.17) is 4.74 Å². The summed E-state index contributed by atoms with van der Waals surface area (Å²) >= 11 is 0. The summed E-state index contributed by atoms with van der Waals surface area (Å²) in [6.45, 7) is 1.05. The van der Waals surface area contributed by atoms with E-state index in [1.807, 2.05) is 0 Å². The van der Waals surface area contributed by atoms with Gasteiger partial charge in [-0.15, -0.1) is 0 Å². The number of fused-ring (bicyclic) bond motifs is 5. The van der Waals surface area contributed by atoms with E-state index >= 15 is 0 Å². The Morgan fingerprint density at radius 3 is 3.23 bits per heavy atom. The molecule has 2 aliphatic rings. The lowest BCUT2D eigenvalue weighted by molar-refractivity contribution is 0.331. The van der Waals surface area contributed by atoms with Crippen LogP contribution in [0.4, 0.5) is 0 Å². The summed E-state index contributed by atoms with van der Waals surface area (Å²) in [5.41, 5.74) is 2.72. The summed E-state index contributed by atoms with van der Waals surface area (Å²) in [4.78, 5) is 0. The number of para-hydroxylation sites is 1. The molecule has 4 rings (SSSR count). The number of aromatic nitrogens is 1. The number of hydrogen-bond acceptors (Lipinski definition) is 1. The predicted octanol–water partition coefficient (Wildman–Crippen LogP) is 2.09. The summed E-state index contributed by atoms with van der Waals surface area (Å²) < 4.78 is 7.87. The van der Waals surface area contributed by atoms with Gasteiger partial charge in [0.15, 0.2) is 0 Å². The van der Waals surface area contributed by atoms with Gasteiger partial charge < -0.3 is 9.30 Å². The second-order valence-corrected chi connectivity index (χ2v) is 3.83. The predicted molar refractivity (Wildman–Crippen MR) is 49.6 cm³/mol. The molecule has 0 amide bonds. The van der Waals surface area contributed by atoms with E-state index in [0.29, 0.717) is 12.2 Å². The van der Waals surface area contributed by atoms with Crippen LogP contribution in [0.2, 0.25) is 0 Å². The number of hydrogen-bond donors (Lipinski definition) is 0. The summed E-state index contributed by atoms with van der Waals surface area (Å²) in [5.74, 6) is 0. The van der Waals surface area contributed by atoms with E-state index in [-0.39, 0.29) is 0 Å². The molecular weight excluding hydrogens is 162 g/mol. The number of ether oxygens (including phenoxy) is 1. The van der Waals surface area contributed by atoms with E-state index < -0.39 is 0 Å². The summed E-state index contributed by atoms with van der Waals surface area (Å²) in [6, 6.07) is 10.8. The zero-order chi connectivity index (χ0) is 8.41. The molecule has 2 nitrogen and oxygen atoms in total. The third-order valence-corrected chi connectivity index (χ3v) is 3.08. The zero-order valence-electron chi connectivity index (χ0n) is 7.10. The molecule has 1 saturated heterocycles. The summed E-state index contributed by atoms with van der Waals surface area (Å²) in [7, 11) is 0. The highest BCUT2D eigenvalue weighted by Gasteiger charge is 2.48. The Bertz CT molecular complexity index is 500. The van der Waals surface area contributed by atoms with Crippen LogP contribution in [0, 0.1) is 0 Å². The lowest BCUT2D eigenvalue weighted by Crippen LogP contribution is -1.98. The number of rotatable bonds is 0. The molecule has 0 unspecified atom stereocenters. The lowest BCUT2D eigenvalue weighted by Gasteiger charge is -2.01. The molecule has 0 N–H and O–H groups in total. The van der Waals surface area contributed by atoms with Gasteiger partial charge in [-0.3, -0.25) is 0 Å². The van der Waals surface area contributed by atoms with Crippen molar-refractivity contribution in [2.24, 2.45) is 0 Å². The lowest BCUT2D eigenvalue weighted by atomic mass is 10.2. The van der Waals surface area contributed by atoms with Crippen LogP contribution in [0.3, 0.4) is 0 Å². The number of epoxide rings is 1. The van der Waals surface area contributed by atoms with Gasteiger partial charge in [0, 0.05) is 5.52 Å². The van der Waals surface area contributed by atoms with Crippen LogP contribution in [0.5, 0.6) is 0 Å². The quantitative estimate of drug-likeness (QED) is 0.555. The Hall–Kier alpha value is -1.28. The Morgan fingerprint density at radius 2 is 2.23 bits per heavy atom. The van der Waals surface area contributed by atoms with Gasteiger partial charge in [-0.2, -0.15) is 0 Å². The second kappa shape index (κ2) is 1.80. The van der Waals surface area contributed by atoms with Crippen molar-refractivity contribution in [1.82, 2.24) is 4.57 Å². The molecule has 2 aromatic rings. The first kappa shape index (κ1) is 6.22. The highest BCUT2D eigenvalue weighted by Crippen LogP contribution is 2.47. The van der Waals surface area contributed by atoms with Crippen molar-refractivity contribution in [3.05, 3.63) is 36.0 Å². The van der Waals surface area contributed by atoms with E-state index in [2.05, 4.69) is 34.9 Å². The molecule has 0 spiro atoms. The van der Waals surface area contributed by atoms with Gasteiger partial charge in [-0.1, -0.05) is 18.2 Å². The minimum atomic E-state index is 0.410. The van der Waals surface area contributed by atoms with Crippen molar-refractivity contribution in [2.75, 3.05) is 0 Å². The molecule has 0 saturated carbocycles. The highest BCUT2D eigenvalue weighted by molar-refractivity contribution is 5.82. The first-order valence-corrected chi connectivity index (χ1v) is 4.67. The van der Waals surface area contributed by atoms with Gasteiger partial charge in [0.25, 0.3) is 0 Å². The third-order valence-electron chi connectivity index (χ3n) is 3.08. The van der Waals surface area contributed by atoms with Crippen LogP contribution >= 0.6 is 0 Å². The van der Waals surface area contributed by atoms with E-state index in [9.17, 15) is 0 Å². The minimum Gasteiger partial charge on any atom is -0.361 e. The molecule has 1 aromatic heterocycles. The van der Waals surface area contributed by atoms with E-state index in [0.717, 1.165) is 6.54 Å². The second-order valence-electron chi connectivity index (χ2n) is 3.83. The Labute approximate surface area is 75.7 Å². The zero-order valence-corrected chi connectivity index (χ0v) is 7.10. The van der Waals surface area contributed by atoms with Crippen molar-refractivity contribution in [3.8, 4) is 0 Å². The molecule has 0 aliphatic carbocycles. The fourth-order valence-electron chi connectivity index (χ4n) is 2.39. The topological polar surface area (TPSA) is 17.5 Å².